The molecule has 0 saturated carbocycles. The fourth-order valence-electron chi connectivity index (χ4n) is 1.45. The van der Waals surface area contributed by atoms with Crippen LogP contribution in [0.1, 0.15) is 10.4 Å². The Hall–Kier alpha value is -2.54. The van der Waals surface area contributed by atoms with Crippen molar-refractivity contribution in [2.75, 3.05) is 7.11 Å². The number of primary amides is 1. The van der Waals surface area contributed by atoms with Crippen LogP contribution in [0.3, 0.4) is 0 Å². The van der Waals surface area contributed by atoms with E-state index in [1.807, 2.05) is 0 Å². The minimum atomic E-state index is -0.595. The van der Waals surface area contributed by atoms with Crippen LogP contribution < -0.4 is 20.8 Å². The van der Waals surface area contributed by atoms with E-state index >= 15 is 0 Å². The maximum Gasteiger partial charge on any atom is 0.273 e. The average molecular weight is 296 g/mol. The van der Waals surface area contributed by atoms with E-state index in [-0.39, 0.29) is 28.0 Å². The summed E-state index contributed by atoms with van der Waals surface area (Å²) in [5, 5.41) is -0.187. The topological polar surface area (TPSA) is 107 Å². The van der Waals surface area contributed by atoms with Gasteiger partial charge in [-0.25, -0.2) is 4.98 Å². The summed E-state index contributed by atoms with van der Waals surface area (Å²) in [6.07, 6.45) is 1.16. The Balaban J connectivity index is 2.41. The summed E-state index contributed by atoms with van der Waals surface area (Å²) >= 11 is 5.77. The van der Waals surface area contributed by atoms with Crippen molar-refractivity contribution >= 4 is 17.5 Å². The van der Waals surface area contributed by atoms with E-state index in [2.05, 4.69) is 9.97 Å². The highest BCUT2D eigenvalue weighted by Gasteiger charge is 2.13. The van der Waals surface area contributed by atoms with Gasteiger partial charge < -0.3 is 20.2 Å². The Kier molecular flexibility index (Phi) is 3.90. The van der Waals surface area contributed by atoms with Gasteiger partial charge in [-0.05, 0) is 18.2 Å². The molecule has 8 heteroatoms. The Morgan fingerprint density at radius 2 is 2.15 bits per heavy atom. The maximum absolute atomic E-state index is 11.3. The third-order valence-corrected chi connectivity index (χ3v) is 2.75. The lowest BCUT2D eigenvalue weighted by Crippen LogP contribution is -2.11. The second-order valence-corrected chi connectivity index (χ2v) is 4.06. The van der Waals surface area contributed by atoms with Gasteiger partial charge in [0, 0.05) is 5.56 Å². The van der Waals surface area contributed by atoms with E-state index < -0.39 is 11.5 Å². The highest BCUT2D eigenvalue weighted by atomic mass is 35.5. The van der Waals surface area contributed by atoms with Gasteiger partial charge in [-0.1, -0.05) is 11.6 Å². The molecule has 1 amide bonds. The molecule has 3 N–H and O–H groups in total. The Bertz CT molecular complexity index is 714. The number of nitrogens with zero attached hydrogens (tertiary/aromatic N) is 1. The van der Waals surface area contributed by atoms with Gasteiger partial charge >= 0.3 is 0 Å². The first-order chi connectivity index (χ1) is 9.52. The number of hydrogen-bond acceptors (Lipinski definition) is 5. The maximum atomic E-state index is 11.3. The van der Waals surface area contributed by atoms with E-state index in [4.69, 9.17) is 26.8 Å². The molecule has 2 rings (SSSR count). The summed E-state index contributed by atoms with van der Waals surface area (Å²) in [4.78, 5) is 28.5. The van der Waals surface area contributed by atoms with E-state index in [9.17, 15) is 9.59 Å². The molecule has 0 saturated heterocycles. The Morgan fingerprint density at radius 3 is 2.80 bits per heavy atom. The average Bonchev–Trinajstić information content (AvgIpc) is 2.44. The summed E-state index contributed by atoms with van der Waals surface area (Å²) in [6, 6.07) is 4.35. The summed E-state index contributed by atoms with van der Waals surface area (Å²) in [5.74, 6) is -0.153. The normalized spacial score (nSPS) is 10.1. The standard InChI is InChI=1S/C12H10ClN3O4/c1-19-8-4-6(10(14)17)2-3-7(8)20-12-9(13)11(18)15-5-16-12/h2-5H,1H3,(H2,14,17)(H,15,16,18). The van der Waals surface area contributed by atoms with Crippen molar-refractivity contribution in [2.24, 2.45) is 5.73 Å². The van der Waals surface area contributed by atoms with Gasteiger partial charge in [-0.3, -0.25) is 9.59 Å². The molecule has 0 aliphatic rings. The van der Waals surface area contributed by atoms with Crippen molar-refractivity contribution in [2.45, 2.75) is 0 Å². The number of carbonyl (C=O) groups excluding carboxylic acids is 1. The smallest absolute Gasteiger partial charge is 0.273 e. The molecule has 0 spiro atoms. The molecule has 104 valence electrons. The molecule has 1 heterocycles. The number of rotatable bonds is 4. The zero-order valence-corrected chi connectivity index (χ0v) is 11.1. The van der Waals surface area contributed by atoms with Crippen LogP contribution in [0.25, 0.3) is 0 Å². The van der Waals surface area contributed by atoms with Gasteiger partial charge in [0.15, 0.2) is 16.5 Å². The van der Waals surface area contributed by atoms with Gasteiger partial charge in [0.2, 0.25) is 11.8 Å². The third kappa shape index (κ3) is 2.72. The molecule has 0 bridgehead atoms. The molecular weight excluding hydrogens is 286 g/mol. The minimum Gasteiger partial charge on any atom is -0.493 e. The van der Waals surface area contributed by atoms with E-state index in [1.165, 1.54) is 25.3 Å². The molecule has 0 unspecified atom stereocenters. The number of nitrogens with one attached hydrogen (secondary N) is 1. The quantitative estimate of drug-likeness (QED) is 0.884. The number of amides is 1. The van der Waals surface area contributed by atoms with Crippen molar-refractivity contribution in [3.05, 3.63) is 45.5 Å². The molecule has 0 fully saturated rings. The number of hydrogen-bond donors (Lipinski definition) is 2. The second kappa shape index (κ2) is 5.62. The first-order valence-electron chi connectivity index (χ1n) is 5.42. The molecule has 0 radical (unpaired) electrons. The van der Waals surface area contributed by atoms with Gasteiger partial charge in [0.1, 0.15) is 0 Å². The minimum absolute atomic E-state index is 0.0689. The van der Waals surface area contributed by atoms with Crippen molar-refractivity contribution in [1.29, 1.82) is 0 Å². The number of methoxy groups -OCH3 is 1. The van der Waals surface area contributed by atoms with Crippen LogP contribution in [0.5, 0.6) is 17.4 Å². The molecule has 7 nitrogen and oxygen atoms in total. The zero-order chi connectivity index (χ0) is 14.7. The van der Waals surface area contributed by atoms with Crippen LogP contribution in [0.4, 0.5) is 0 Å². The molecule has 0 aliphatic heterocycles. The van der Waals surface area contributed by atoms with Crippen LogP contribution >= 0.6 is 11.6 Å². The number of carbonyl (C=O) groups is 1. The van der Waals surface area contributed by atoms with Crippen molar-refractivity contribution < 1.29 is 14.3 Å². The lowest BCUT2D eigenvalue weighted by atomic mass is 10.2. The van der Waals surface area contributed by atoms with E-state index in [1.54, 1.807) is 0 Å². The van der Waals surface area contributed by atoms with Gasteiger partial charge in [0.05, 0.1) is 13.4 Å². The number of halogens is 1. The molecule has 1 aromatic carbocycles. The molecule has 20 heavy (non-hydrogen) atoms. The number of benzene rings is 1. The van der Waals surface area contributed by atoms with Crippen LogP contribution in [0.15, 0.2) is 29.3 Å². The van der Waals surface area contributed by atoms with Crippen molar-refractivity contribution in [1.82, 2.24) is 9.97 Å². The predicted molar refractivity (Wildman–Crippen MR) is 71.5 cm³/mol. The van der Waals surface area contributed by atoms with Crippen LogP contribution in [-0.2, 0) is 0 Å². The van der Waals surface area contributed by atoms with Gasteiger partial charge in [-0.2, -0.15) is 0 Å². The fraction of sp³-hybridized carbons (Fsp3) is 0.0833. The van der Waals surface area contributed by atoms with E-state index in [0.717, 1.165) is 6.33 Å². The number of H-pyrrole nitrogens is 1. The number of aromatic amines is 1. The lowest BCUT2D eigenvalue weighted by Gasteiger charge is -2.10. The lowest BCUT2D eigenvalue weighted by molar-refractivity contribution is 0.1000. The summed E-state index contributed by atoms with van der Waals surface area (Å²) in [6.45, 7) is 0. The highest BCUT2D eigenvalue weighted by molar-refractivity contribution is 6.31. The Labute approximate surface area is 118 Å². The first kappa shape index (κ1) is 13.9. The SMILES string of the molecule is COc1cc(C(N)=O)ccc1Oc1nc[nH]c(=O)c1Cl. The van der Waals surface area contributed by atoms with Gasteiger partial charge in [-0.15, -0.1) is 0 Å². The molecular formula is C12H10ClN3O4. The fourth-order valence-corrected chi connectivity index (χ4v) is 1.59. The van der Waals surface area contributed by atoms with Crippen LogP contribution in [0, 0.1) is 0 Å². The van der Waals surface area contributed by atoms with E-state index in [0.29, 0.717) is 0 Å². The monoisotopic (exact) mass is 295 g/mol. The highest BCUT2D eigenvalue weighted by Crippen LogP contribution is 2.33. The number of ether oxygens (including phenoxy) is 2. The largest absolute Gasteiger partial charge is 0.493 e. The second-order valence-electron chi connectivity index (χ2n) is 3.68. The van der Waals surface area contributed by atoms with Gasteiger partial charge in [0.25, 0.3) is 5.56 Å². The molecule has 0 atom stereocenters. The predicted octanol–water partition coefficient (Wildman–Crippen LogP) is 1.32. The number of nitrogens with two attached hydrogens (primary N) is 1. The Morgan fingerprint density at radius 1 is 1.40 bits per heavy atom. The summed E-state index contributed by atoms with van der Waals surface area (Å²) in [5.41, 5.74) is 4.91. The molecule has 0 aliphatic carbocycles. The van der Waals surface area contributed by atoms with Crippen LogP contribution in [-0.4, -0.2) is 23.0 Å². The first-order valence-corrected chi connectivity index (χ1v) is 5.79. The number of aromatic nitrogens is 2. The van der Waals surface area contributed by atoms with Crippen molar-refractivity contribution in [3.8, 4) is 17.4 Å². The third-order valence-electron chi connectivity index (χ3n) is 2.42. The molecule has 1 aromatic heterocycles. The van der Waals surface area contributed by atoms with Crippen LogP contribution in [0.2, 0.25) is 5.02 Å². The zero-order valence-electron chi connectivity index (χ0n) is 10.3. The summed E-state index contributed by atoms with van der Waals surface area (Å²) < 4.78 is 10.5. The molecule has 2 aromatic rings. The summed E-state index contributed by atoms with van der Waals surface area (Å²) in [7, 11) is 1.40. The van der Waals surface area contributed by atoms with Crippen molar-refractivity contribution in [3.63, 3.8) is 0 Å².